The molecule has 0 amide bonds. The second-order valence-corrected chi connectivity index (χ2v) is 2.41. The van der Waals surface area contributed by atoms with Crippen LogP contribution in [0, 0.1) is 0 Å². The SMILES string of the molecule is CCCCC(=O)CC(N)O. The van der Waals surface area contributed by atoms with Crippen LogP contribution in [-0.2, 0) is 4.79 Å². The minimum Gasteiger partial charge on any atom is -0.378 e. The fourth-order valence-corrected chi connectivity index (χ4v) is 0.709. The van der Waals surface area contributed by atoms with Gasteiger partial charge >= 0.3 is 0 Å². The quantitative estimate of drug-likeness (QED) is 0.551. The van der Waals surface area contributed by atoms with Gasteiger partial charge in [0.1, 0.15) is 12.0 Å². The van der Waals surface area contributed by atoms with Gasteiger partial charge in [-0.25, -0.2) is 0 Å². The van der Waals surface area contributed by atoms with Gasteiger partial charge in [-0.3, -0.25) is 4.79 Å². The van der Waals surface area contributed by atoms with E-state index in [2.05, 4.69) is 0 Å². The first-order valence-electron chi connectivity index (χ1n) is 3.62. The molecule has 0 aliphatic carbocycles. The highest BCUT2D eigenvalue weighted by atomic mass is 16.3. The van der Waals surface area contributed by atoms with Crippen molar-refractivity contribution in [2.45, 2.75) is 38.8 Å². The monoisotopic (exact) mass is 145 g/mol. The molecule has 3 nitrogen and oxygen atoms in total. The smallest absolute Gasteiger partial charge is 0.136 e. The molecule has 0 saturated heterocycles. The van der Waals surface area contributed by atoms with Crippen LogP contribution in [0.3, 0.4) is 0 Å². The summed E-state index contributed by atoms with van der Waals surface area (Å²) in [6.07, 6.45) is 1.58. The van der Waals surface area contributed by atoms with Crippen LogP contribution < -0.4 is 5.73 Å². The van der Waals surface area contributed by atoms with Crippen molar-refractivity contribution in [2.75, 3.05) is 0 Å². The van der Waals surface area contributed by atoms with E-state index >= 15 is 0 Å². The van der Waals surface area contributed by atoms with Gasteiger partial charge < -0.3 is 10.8 Å². The normalized spacial score (nSPS) is 13.1. The molecular formula is C7H15NO2. The minimum absolute atomic E-state index is 0.0526. The van der Waals surface area contributed by atoms with Crippen LogP contribution in [0.25, 0.3) is 0 Å². The van der Waals surface area contributed by atoms with Crippen LogP contribution in [0.4, 0.5) is 0 Å². The zero-order chi connectivity index (χ0) is 7.98. The van der Waals surface area contributed by atoms with Crippen LogP contribution in [0.5, 0.6) is 0 Å². The summed E-state index contributed by atoms with van der Waals surface area (Å²) in [6, 6.07) is 0. The van der Waals surface area contributed by atoms with E-state index in [-0.39, 0.29) is 12.2 Å². The zero-order valence-electron chi connectivity index (χ0n) is 6.34. The average molecular weight is 145 g/mol. The molecule has 0 aromatic heterocycles. The molecule has 60 valence electrons. The number of unbranched alkanes of at least 4 members (excludes halogenated alkanes) is 1. The van der Waals surface area contributed by atoms with Crippen molar-refractivity contribution in [2.24, 2.45) is 5.73 Å². The lowest BCUT2D eigenvalue weighted by Gasteiger charge is -2.01. The van der Waals surface area contributed by atoms with Crippen molar-refractivity contribution < 1.29 is 9.90 Å². The van der Waals surface area contributed by atoms with E-state index in [0.29, 0.717) is 6.42 Å². The molecule has 0 aliphatic rings. The summed E-state index contributed by atoms with van der Waals surface area (Å²) in [7, 11) is 0. The molecule has 0 aromatic rings. The number of carbonyl (C=O) groups is 1. The summed E-state index contributed by atoms with van der Waals surface area (Å²) >= 11 is 0. The van der Waals surface area contributed by atoms with Crippen molar-refractivity contribution in [3.05, 3.63) is 0 Å². The van der Waals surface area contributed by atoms with E-state index in [4.69, 9.17) is 10.8 Å². The van der Waals surface area contributed by atoms with Crippen LogP contribution >= 0.6 is 0 Å². The summed E-state index contributed by atoms with van der Waals surface area (Å²) in [4.78, 5) is 10.8. The number of aliphatic hydroxyl groups excluding tert-OH is 1. The molecule has 0 radical (unpaired) electrons. The number of rotatable bonds is 5. The lowest BCUT2D eigenvalue weighted by atomic mass is 10.1. The highest BCUT2D eigenvalue weighted by molar-refractivity contribution is 5.78. The van der Waals surface area contributed by atoms with Crippen LogP contribution in [0.2, 0.25) is 0 Å². The molecule has 3 heteroatoms. The maximum Gasteiger partial charge on any atom is 0.136 e. The molecule has 0 aromatic carbocycles. The molecular weight excluding hydrogens is 130 g/mol. The first-order chi connectivity index (χ1) is 4.66. The molecule has 0 rings (SSSR count). The largest absolute Gasteiger partial charge is 0.378 e. The van der Waals surface area contributed by atoms with Crippen molar-refractivity contribution in [3.8, 4) is 0 Å². The molecule has 3 N–H and O–H groups in total. The summed E-state index contributed by atoms with van der Waals surface area (Å²) in [5.41, 5.74) is 5.00. The molecule has 0 fully saturated rings. The van der Waals surface area contributed by atoms with Gasteiger partial charge in [0, 0.05) is 12.8 Å². The maximum absolute atomic E-state index is 10.8. The number of aliphatic hydroxyl groups is 1. The second kappa shape index (κ2) is 5.38. The highest BCUT2D eigenvalue weighted by Gasteiger charge is 2.04. The van der Waals surface area contributed by atoms with Gasteiger partial charge in [-0.1, -0.05) is 13.3 Å². The Morgan fingerprint density at radius 3 is 2.70 bits per heavy atom. The van der Waals surface area contributed by atoms with E-state index in [1.165, 1.54) is 0 Å². The Kier molecular flexibility index (Phi) is 5.16. The van der Waals surface area contributed by atoms with E-state index in [1.54, 1.807) is 0 Å². The van der Waals surface area contributed by atoms with E-state index in [1.807, 2.05) is 6.92 Å². The van der Waals surface area contributed by atoms with Crippen LogP contribution in [0.1, 0.15) is 32.6 Å². The van der Waals surface area contributed by atoms with Gasteiger partial charge in [0.05, 0.1) is 0 Å². The van der Waals surface area contributed by atoms with Crippen molar-refractivity contribution >= 4 is 5.78 Å². The molecule has 1 unspecified atom stereocenters. The van der Waals surface area contributed by atoms with E-state index in [9.17, 15) is 4.79 Å². The molecule has 10 heavy (non-hydrogen) atoms. The molecule has 0 heterocycles. The lowest BCUT2D eigenvalue weighted by molar-refractivity contribution is -0.120. The Balaban J connectivity index is 3.26. The Bertz CT molecular complexity index is 102. The maximum atomic E-state index is 10.8. The number of hydrogen-bond donors (Lipinski definition) is 2. The third kappa shape index (κ3) is 5.72. The predicted octanol–water partition coefficient (Wildman–Crippen LogP) is 0.413. The lowest BCUT2D eigenvalue weighted by Crippen LogP contribution is -2.22. The molecule has 0 spiro atoms. The first kappa shape index (κ1) is 9.59. The predicted molar refractivity (Wildman–Crippen MR) is 39.3 cm³/mol. The van der Waals surface area contributed by atoms with Gasteiger partial charge in [0.2, 0.25) is 0 Å². The summed E-state index contributed by atoms with van der Waals surface area (Å²) in [5.74, 6) is 0.0526. The molecule has 0 bridgehead atoms. The van der Waals surface area contributed by atoms with Crippen LogP contribution in [0.15, 0.2) is 0 Å². The Hall–Kier alpha value is -0.410. The van der Waals surface area contributed by atoms with E-state index < -0.39 is 6.23 Å². The summed E-state index contributed by atoms with van der Waals surface area (Å²) < 4.78 is 0. The first-order valence-corrected chi connectivity index (χ1v) is 3.62. The number of carbonyl (C=O) groups excluding carboxylic acids is 1. The number of ketones is 1. The minimum atomic E-state index is -0.968. The van der Waals surface area contributed by atoms with E-state index in [0.717, 1.165) is 12.8 Å². The second-order valence-electron chi connectivity index (χ2n) is 2.41. The standard InChI is InChI=1S/C7H15NO2/c1-2-3-4-6(9)5-7(8)10/h7,10H,2-5,8H2,1H3. The van der Waals surface area contributed by atoms with Gasteiger partial charge in [0.25, 0.3) is 0 Å². The Morgan fingerprint density at radius 1 is 1.70 bits per heavy atom. The third-order valence-electron chi connectivity index (χ3n) is 1.25. The van der Waals surface area contributed by atoms with Gasteiger partial charge in [0.15, 0.2) is 0 Å². The fraction of sp³-hybridized carbons (Fsp3) is 0.857. The number of Topliss-reactive ketones (excluding diaryl/α,β-unsaturated/α-hetero) is 1. The van der Waals surface area contributed by atoms with Gasteiger partial charge in [-0.2, -0.15) is 0 Å². The highest BCUT2D eigenvalue weighted by Crippen LogP contribution is 1.98. The van der Waals surface area contributed by atoms with Gasteiger partial charge in [-0.15, -0.1) is 0 Å². The number of hydrogen-bond acceptors (Lipinski definition) is 3. The zero-order valence-corrected chi connectivity index (χ0v) is 6.34. The average Bonchev–Trinajstić information content (AvgIpc) is 1.82. The topological polar surface area (TPSA) is 63.3 Å². The van der Waals surface area contributed by atoms with Crippen molar-refractivity contribution in [1.82, 2.24) is 0 Å². The number of nitrogens with two attached hydrogens (primary N) is 1. The molecule has 0 saturated carbocycles. The van der Waals surface area contributed by atoms with Gasteiger partial charge in [-0.05, 0) is 6.42 Å². The molecule has 1 atom stereocenters. The Labute approximate surface area is 61.2 Å². The van der Waals surface area contributed by atoms with Crippen LogP contribution in [-0.4, -0.2) is 17.1 Å². The third-order valence-corrected chi connectivity index (χ3v) is 1.25. The summed E-state index contributed by atoms with van der Waals surface area (Å²) in [6.45, 7) is 2.02. The summed E-state index contributed by atoms with van der Waals surface area (Å²) in [5, 5.41) is 8.58. The fourth-order valence-electron chi connectivity index (χ4n) is 0.709. The van der Waals surface area contributed by atoms with Crippen molar-refractivity contribution in [3.63, 3.8) is 0 Å². The molecule has 0 aliphatic heterocycles. The van der Waals surface area contributed by atoms with Crippen molar-refractivity contribution in [1.29, 1.82) is 0 Å². The Morgan fingerprint density at radius 2 is 2.30 bits per heavy atom.